The summed E-state index contributed by atoms with van der Waals surface area (Å²) in [6, 6.07) is 12.8. The molecule has 1 aromatic carbocycles. The molecule has 0 aliphatic carbocycles. The van der Waals surface area contributed by atoms with E-state index in [4.69, 9.17) is 0 Å². The van der Waals surface area contributed by atoms with Gasteiger partial charge in [-0.05, 0) is 33.2 Å². The van der Waals surface area contributed by atoms with Gasteiger partial charge in [-0.2, -0.15) is 0 Å². The first-order valence-corrected chi connectivity index (χ1v) is 10.4. The Morgan fingerprint density at radius 1 is 1.19 bits per heavy atom. The van der Waals surface area contributed by atoms with Crippen LogP contribution in [0.2, 0.25) is 0 Å². The van der Waals surface area contributed by atoms with E-state index in [2.05, 4.69) is 44.2 Å². The molecule has 5 nitrogen and oxygen atoms in total. The molecule has 0 saturated carbocycles. The van der Waals surface area contributed by atoms with Crippen LogP contribution in [-0.4, -0.2) is 32.4 Å². The van der Waals surface area contributed by atoms with E-state index in [0.717, 1.165) is 34.6 Å². The molecule has 0 radical (unpaired) electrons. The molecule has 4 rings (SSSR count). The average molecular weight is 380 g/mol. The van der Waals surface area contributed by atoms with Crippen molar-refractivity contribution in [3.8, 4) is 11.3 Å². The molecular formula is C21H25N5S. The van der Waals surface area contributed by atoms with Gasteiger partial charge in [0, 0.05) is 35.3 Å². The number of hydrogen-bond donors (Lipinski definition) is 1. The highest BCUT2D eigenvalue weighted by molar-refractivity contribution is 7.15. The normalized spacial score (nSPS) is 17.8. The molecule has 6 heteroatoms. The van der Waals surface area contributed by atoms with E-state index >= 15 is 0 Å². The molecule has 1 fully saturated rings. The van der Waals surface area contributed by atoms with E-state index in [1.807, 2.05) is 37.4 Å². The fourth-order valence-corrected chi connectivity index (χ4v) is 4.37. The highest BCUT2D eigenvalue weighted by Gasteiger charge is 2.19. The lowest BCUT2D eigenvalue weighted by molar-refractivity contribution is 0.154. The standard InChI is InChI=1S/C21H25N5S/c1-15-8-6-7-11-26(15)14-18-13-22-21(27-18)25-20-12-19(23-16(2)24-20)17-9-4-3-5-10-17/h3-5,9-10,12-13,15H,6-8,11,14H2,1-2H3,(H,22,23,24,25). The van der Waals surface area contributed by atoms with Crippen molar-refractivity contribution >= 4 is 22.3 Å². The van der Waals surface area contributed by atoms with Crippen LogP contribution in [0.5, 0.6) is 0 Å². The molecule has 1 atom stereocenters. The Morgan fingerprint density at radius 3 is 2.85 bits per heavy atom. The number of nitrogens with zero attached hydrogens (tertiary/aromatic N) is 4. The summed E-state index contributed by atoms with van der Waals surface area (Å²) in [6.45, 7) is 6.42. The third-order valence-corrected chi connectivity index (χ3v) is 5.89. The second kappa shape index (κ2) is 8.15. The summed E-state index contributed by atoms with van der Waals surface area (Å²) >= 11 is 1.71. The number of hydrogen-bond acceptors (Lipinski definition) is 6. The number of anilines is 2. The quantitative estimate of drug-likeness (QED) is 0.674. The lowest BCUT2D eigenvalue weighted by Crippen LogP contribution is -2.36. The largest absolute Gasteiger partial charge is 0.316 e. The molecule has 1 saturated heterocycles. The number of likely N-dealkylation sites (tertiary alicyclic amines) is 1. The van der Waals surface area contributed by atoms with Gasteiger partial charge in [0.25, 0.3) is 0 Å². The van der Waals surface area contributed by atoms with Crippen molar-refractivity contribution in [3.63, 3.8) is 0 Å². The van der Waals surface area contributed by atoms with Gasteiger partial charge < -0.3 is 5.32 Å². The maximum atomic E-state index is 4.56. The summed E-state index contributed by atoms with van der Waals surface area (Å²) in [5.41, 5.74) is 2.01. The Balaban J connectivity index is 1.48. The first kappa shape index (κ1) is 18.1. The highest BCUT2D eigenvalue weighted by Crippen LogP contribution is 2.27. The minimum Gasteiger partial charge on any atom is -0.316 e. The van der Waals surface area contributed by atoms with Gasteiger partial charge in [0.05, 0.1) is 5.69 Å². The van der Waals surface area contributed by atoms with Crippen LogP contribution in [0.3, 0.4) is 0 Å². The first-order valence-electron chi connectivity index (χ1n) is 9.54. The molecule has 27 heavy (non-hydrogen) atoms. The van der Waals surface area contributed by atoms with Crippen molar-refractivity contribution in [2.75, 3.05) is 11.9 Å². The molecular weight excluding hydrogens is 354 g/mol. The van der Waals surface area contributed by atoms with E-state index in [0.29, 0.717) is 6.04 Å². The molecule has 0 spiro atoms. The van der Waals surface area contributed by atoms with Crippen molar-refractivity contribution in [1.82, 2.24) is 19.9 Å². The van der Waals surface area contributed by atoms with Gasteiger partial charge in [-0.1, -0.05) is 36.8 Å². The molecule has 0 bridgehead atoms. The lowest BCUT2D eigenvalue weighted by Gasteiger charge is -2.32. The molecule has 3 heterocycles. The monoisotopic (exact) mass is 379 g/mol. The third-order valence-electron chi connectivity index (χ3n) is 5.00. The van der Waals surface area contributed by atoms with Crippen molar-refractivity contribution in [2.45, 2.75) is 45.7 Å². The van der Waals surface area contributed by atoms with Crippen molar-refractivity contribution in [2.24, 2.45) is 0 Å². The Kier molecular flexibility index (Phi) is 5.45. The van der Waals surface area contributed by atoms with E-state index in [1.54, 1.807) is 11.3 Å². The topological polar surface area (TPSA) is 53.9 Å². The van der Waals surface area contributed by atoms with Crippen molar-refractivity contribution in [3.05, 3.63) is 53.3 Å². The number of aryl methyl sites for hydroxylation is 1. The summed E-state index contributed by atoms with van der Waals surface area (Å²) in [4.78, 5) is 17.5. The molecule has 140 valence electrons. The number of thiazole rings is 1. The predicted molar refractivity (Wildman–Crippen MR) is 111 cm³/mol. The smallest absolute Gasteiger partial charge is 0.188 e. The van der Waals surface area contributed by atoms with Crippen LogP contribution in [0.1, 0.15) is 36.9 Å². The van der Waals surface area contributed by atoms with Gasteiger partial charge in [-0.15, -0.1) is 11.3 Å². The van der Waals surface area contributed by atoms with E-state index in [1.165, 1.54) is 30.7 Å². The summed E-state index contributed by atoms with van der Waals surface area (Å²) in [6.07, 6.45) is 5.94. The number of piperidine rings is 1. The fourth-order valence-electron chi connectivity index (χ4n) is 3.53. The van der Waals surface area contributed by atoms with Crippen LogP contribution in [0.4, 0.5) is 10.9 Å². The van der Waals surface area contributed by atoms with E-state index < -0.39 is 0 Å². The molecule has 1 unspecified atom stereocenters. The van der Waals surface area contributed by atoms with Gasteiger partial charge in [-0.3, -0.25) is 4.90 Å². The van der Waals surface area contributed by atoms with Crippen LogP contribution < -0.4 is 5.32 Å². The minimum absolute atomic E-state index is 0.662. The van der Waals surface area contributed by atoms with Crippen LogP contribution >= 0.6 is 11.3 Å². The van der Waals surface area contributed by atoms with Crippen LogP contribution in [0, 0.1) is 6.92 Å². The van der Waals surface area contributed by atoms with Gasteiger partial charge in [0.2, 0.25) is 0 Å². The maximum absolute atomic E-state index is 4.56. The van der Waals surface area contributed by atoms with Crippen molar-refractivity contribution in [1.29, 1.82) is 0 Å². The maximum Gasteiger partial charge on any atom is 0.188 e. The van der Waals surface area contributed by atoms with Gasteiger partial charge in [-0.25, -0.2) is 15.0 Å². The molecule has 0 amide bonds. The molecule has 1 aliphatic rings. The second-order valence-electron chi connectivity index (χ2n) is 7.12. The Bertz CT molecular complexity index is 893. The van der Waals surface area contributed by atoms with Crippen molar-refractivity contribution < 1.29 is 0 Å². The fraction of sp³-hybridized carbons (Fsp3) is 0.381. The van der Waals surface area contributed by atoms with Crippen LogP contribution in [0.15, 0.2) is 42.6 Å². The average Bonchev–Trinajstić information content (AvgIpc) is 3.11. The number of rotatable bonds is 5. The third kappa shape index (κ3) is 4.51. The summed E-state index contributed by atoms with van der Waals surface area (Å²) in [5, 5.41) is 4.24. The van der Waals surface area contributed by atoms with E-state index in [9.17, 15) is 0 Å². The highest BCUT2D eigenvalue weighted by atomic mass is 32.1. The Hall–Kier alpha value is -2.31. The number of aromatic nitrogens is 3. The zero-order chi connectivity index (χ0) is 18.6. The summed E-state index contributed by atoms with van der Waals surface area (Å²) < 4.78 is 0. The first-order chi connectivity index (χ1) is 13.2. The molecule has 3 aromatic rings. The second-order valence-corrected chi connectivity index (χ2v) is 8.24. The Morgan fingerprint density at radius 2 is 2.04 bits per heavy atom. The van der Waals surface area contributed by atoms with Gasteiger partial charge >= 0.3 is 0 Å². The Labute approximate surface area is 164 Å². The summed E-state index contributed by atoms with van der Waals surface area (Å²) in [5.74, 6) is 1.53. The van der Waals surface area contributed by atoms with Crippen LogP contribution in [-0.2, 0) is 6.54 Å². The molecule has 1 N–H and O–H groups in total. The molecule has 1 aliphatic heterocycles. The predicted octanol–water partition coefficient (Wildman–Crippen LogP) is 5.03. The van der Waals surface area contributed by atoms with E-state index in [-0.39, 0.29) is 0 Å². The molecule has 2 aromatic heterocycles. The zero-order valence-corrected chi connectivity index (χ0v) is 16.7. The minimum atomic E-state index is 0.662. The van der Waals surface area contributed by atoms with Crippen LogP contribution in [0.25, 0.3) is 11.3 Å². The van der Waals surface area contributed by atoms with Gasteiger partial charge in [0.1, 0.15) is 11.6 Å². The SMILES string of the molecule is Cc1nc(Nc2ncc(CN3CCCCC3C)s2)cc(-c2ccccc2)n1. The number of nitrogens with one attached hydrogen (secondary N) is 1. The van der Waals surface area contributed by atoms with Gasteiger partial charge in [0.15, 0.2) is 5.13 Å². The lowest BCUT2D eigenvalue weighted by atomic mass is 10.0. The zero-order valence-electron chi connectivity index (χ0n) is 15.9. The number of benzene rings is 1. The summed E-state index contributed by atoms with van der Waals surface area (Å²) in [7, 11) is 0.